The van der Waals surface area contributed by atoms with Gasteiger partial charge < -0.3 is 15.7 Å². The van der Waals surface area contributed by atoms with E-state index < -0.39 is 0 Å². The lowest BCUT2D eigenvalue weighted by atomic mass is 10.1. The number of aliphatic hydroxyl groups is 1. The number of anilines is 3. The summed E-state index contributed by atoms with van der Waals surface area (Å²) in [6.07, 6.45) is 0. The monoisotopic (exact) mass is 419 g/mol. The topological polar surface area (TPSA) is 83.0 Å². The molecule has 3 N–H and O–H groups in total. The summed E-state index contributed by atoms with van der Waals surface area (Å²) in [5, 5.41) is 17.4. The molecule has 2 aromatic heterocycles. The van der Waals surface area contributed by atoms with Crippen LogP contribution in [0.4, 0.5) is 17.5 Å². The molecule has 0 unspecified atom stereocenters. The molecule has 30 heavy (non-hydrogen) atoms. The maximum atomic E-state index is 9.71. The lowest BCUT2D eigenvalue weighted by Gasteiger charge is -2.20. The van der Waals surface area contributed by atoms with E-state index in [1.165, 1.54) is 0 Å². The van der Waals surface area contributed by atoms with Crippen LogP contribution in [0.2, 0.25) is 0 Å². The summed E-state index contributed by atoms with van der Waals surface area (Å²) in [5.74, 6) is 1.40. The van der Waals surface area contributed by atoms with Crippen molar-refractivity contribution in [1.82, 2.24) is 15.0 Å². The molecule has 0 fully saturated rings. The number of nitrogens with zero attached hydrogens (tertiary/aromatic N) is 3. The number of aryl methyl sites for hydroxylation is 1. The Morgan fingerprint density at radius 3 is 2.53 bits per heavy atom. The second kappa shape index (κ2) is 8.77. The summed E-state index contributed by atoms with van der Waals surface area (Å²) in [6.45, 7) is 6.14. The summed E-state index contributed by atoms with van der Waals surface area (Å²) in [4.78, 5) is 13.9. The van der Waals surface area contributed by atoms with Crippen molar-refractivity contribution < 1.29 is 5.11 Å². The van der Waals surface area contributed by atoms with E-state index in [4.69, 9.17) is 0 Å². The minimum Gasteiger partial charge on any atom is -0.394 e. The van der Waals surface area contributed by atoms with Crippen LogP contribution in [-0.4, -0.2) is 32.7 Å². The number of thiazole rings is 1. The van der Waals surface area contributed by atoms with E-state index in [1.807, 2.05) is 55.5 Å². The molecule has 0 aliphatic heterocycles. The Bertz CT molecular complexity index is 1140. The molecule has 0 radical (unpaired) electrons. The van der Waals surface area contributed by atoms with Gasteiger partial charge in [-0.2, -0.15) is 4.98 Å². The SMILES string of the molecule is Cc1nc2cc(Nc3cc(-c4ccccc4)nc(N[C@@H](CO)C(C)C)n3)ccc2s1. The first-order valence-corrected chi connectivity index (χ1v) is 10.8. The lowest BCUT2D eigenvalue weighted by molar-refractivity contribution is 0.248. The summed E-state index contributed by atoms with van der Waals surface area (Å²) < 4.78 is 1.16. The molecule has 0 saturated carbocycles. The fourth-order valence-electron chi connectivity index (χ4n) is 3.19. The molecule has 1 atom stereocenters. The molecule has 4 rings (SSSR count). The van der Waals surface area contributed by atoms with Gasteiger partial charge in [-0.05, 0) is 31.0 Å². The van der Waals surface area contributed by atoms with Crippen LogP contribution in [0.15, 0.2) is 54.6 Å². The number of benzene rings is 2. The van der Waals surface area contributed by atoms with Gasteiger partial charge in [-0.1, -0.05) is 44.2 Å². The van der Waals surface area contributed by atoms with Crippen molar-refractivity contribution in [2.45, 2.75) is 26.8 Å². The van der Waals surface area contributed by atoms with Gasteiger partial charge in [0.25, 0.3) is 0 Å². The van der Waals surface area contributed by atoms with E-state index in [0.29, 0.717) is 11.8 Å². The number of fused-ring (bicyclic) bond motifs is 1. The van der Waals surface area contributed by atoms with Gasteiger partial charge in [-0.15, -0.1) is 11.3 Å². The molecule has 154 valence electrons. The Hall–Kier alpha value is -3.03. The summed E-state index contributed by atoms with van der Waals surface area (Å²) in [7, 11) is 0. The van der Waals surface area contributed by atoms with Crippen molar-refractivity contribution in [3.63, 3.8) is 0 Å². The number of hydrogen-bond acceptors (Lipinski definition) is 7. The van der Waals surface area contributed by atoms with Gasteiger partial charge in [0.1, 0.15) is 5.82 Å². The van der Waals surface area contributed by atoms with Gasteiger partial charge in [0.2, 0.25) is 5.95 Å². The number of aromatic nitrogens is 3. The van der Waals surface area contributed by atoms with Crippen LogP contribution in [0, 0.1) is 12.8 Å². The van der Waals surface area contributed by atoms with Crippen molar-refractivity contribution in [3.8, 4) is 11.3 Å². The molecular weight excluding hydrogens is 394 g/mol. The molecular formula is C23H25N5OS. The molecule has 2 aromatic carbocycles. The molecule has 7 heteroatoms. The molecule has 0 aliphatic rings. The van der Waals surface area contributed by atoms with Crippen LogP contribution in [0.25, 0.3) is 21.5 Å². The zero-order valence-electron chi connectivity index (χ0n) is 17.3. The van der Waals surface area contributed by atoms with Crippen LogP contribution in [0.3, 0.4) is 0 Å². The standard InChI is InChI=1S/C23H25N5OS/c1-14(2)20(13-29)27-23-26-18(16-7-5-4-6-8-16)12-22(28-23)25-17-9-10-21-19(11-17)24-15(3)30-21/h4-12,14,20,29H,13H2,1-3H3,(H2,25,26,27,28)/t20-/m0/s1. The predicted molar refractivity (Wildman–Crippen MR) is 124 cm³/mol. The molecule has 0 bridgehead atoms. The maximum absolute atomic E-state index is 9.71. The highest BCUT2D eigenvalue weighted by Gasteiger charge is 2.15. The van der Waals surface area contributed by atoms with Crippen LogP contribution in [-0.2, 0) is 0 Å². The largest absolute Gasteiger partial charge is 0.394 e. The summed E-state index contributed by atoms with van der Waals surface area (Å²) in [6, 6.07) is 17.9. The van der Waals surface area contributed by atoms with Crippen LogP contribution < -0.4 is 10.6 Å². The van der Waals surface area contributed by atoms with Crippen molar-refractivity contribution >= 4 is 39.0 Å². The normalized spacial score (nSPS) is 12.3. The van der Waals surface area contributed by atoms with Crippen molar-refractivity contribution in [2.24, 2.45) is 5.92 Å². The fourth-order valence-corrected chi connectivity index (χ4v) is 4.00. The minimum atomic E-state index is -0.127. The van der Waals surface area contributed by atoms with Gasteiger partial charge in [-0.25, -0.2) is 9.97 Å². The van der Waals surface area contributed by atoms with E-state index in [2.05, 4.69) is 45.5 Å². The van der Waals surface area contributed by atoms with Gasteiger partial charge in [0.05, 0.1) is 33.6 Å². The van der Waals surface area contributed by atoms with E-state index >= 15 is 0 Å². The van der Waals surface area contributed by atoms with E-state index in [0.717, 1.165) is 32.2 Å². The third kappa shape index (κ3) is 4.58. The number of nitrogens with one attached hydrogen (secondary N) is 2. The molecule has 6 nitrogen and oxygen atoms in total. The Balaban J connectivity index is 1.70. The molecule has 0 saturated heterocycles. The van der Waals surface area contributed by atoms with Crippen molar-refractivity contribution in [3.05, 3.63) is 59.6 Å². The molecule has 0 aliphatic carbocycles. The summed E-state index contributed by atoms with van der Waals surface area (Å²) >= 11 is 1.68. The summed E-state index contributed by atoms with van der Waals surface area (Å²) in [5.41, 5.74) is 3.70. The molecule has 4 aromatic rings. The van der Waals surface area contributed by atoms with Gasteiger partial charge in [0, 0.05) is 17.3 Å². The highest BCUT2D eigenvalue weighted by molar-refractivity contribution is 7.18. The van der Waals surface area contributed by atoms with Crippen LogP contribution >= 0.6 is 11.3 Å². The maximum Gasteiger partial charge on any atom is 0.225 e. The zero-order chi connectivity index (χ0) is 21.1. The highest BCUT2D eigenvalue weighted by Crippen LogP contribution is 2.28. The highest BCUT2D eigenvalue weighted by atomic mass is 32.1. The fraction of sp³-hybridized carbons (Fsp3) is 0.261. The van der Waals surface area contributed by atoms with Gasteiger partial charge >= 0.3 is 0 Å². The quantitative estimate of drug-likeness (QED) is 0.380. The Labute approximate surface area is 180 Å². The average Bonchev–Trinajstić information content (AvgIpc) is 3.11. The van der Waals surface area contributed by atoms with Gasteiger partial charge in [-0.3, -0.25) is 0 Å². The van der Waals surface area contributed by atoms with Crippen molar-refractivity contribution in [1.29, 1.82) is 0 Å². The third-order valence-corrected chi connectivity index (χ3v) is 5.83. The van der Waals surface area contributed by atoms with Crippen molar-refractivity contribution in [2.75, 3.05) is 17.2 Å². The second-order valence-corrected chi connectivity index (χ2v) is 8.78. The smallest absolute Gasteiger partial charge is 0.225 e. The minimum absolute atomic E-state index is 0.0131. The number of rotatable bonds is 7. The van der Waals surface area contributed by atoms with E-state index in [1.54, 1.807) is 11.3 Å². The first-order chi connectivity index (χ1) is 14.5. The average molecular weight is 420 g/mol. The Morgan fingerprint density at radius 2 is 1.80 bits per heavy atom. The molecule has 0 spiro atoms. The predicted octanol–water partition coefficient (Wildman–Crippen LogP) is 5.23. The lowest BCUT2D eigenvalue weighted by Crippen LogP contribution is -2.30. The second-order valence-electron chi connectivity index (χ2n) is 7.55. The Morgan fingerprint density at radius 1 is 1.00 bits per heavy atom. The first-order valence-electron chi connectivity index (χ1n) is 9.98. The first kappa shape index (κ1) is 20.3. The third-order valence-electron chi connectivity index (χ3n) is 4.88. The Kier molecular flexibility index (Phi) is 5.92. The number of hydrogen-bond donors (Lipinski definition) is 3. The van der Waals surface area contributed by atoms with Crippen LogP contribution in [0.1, 0.15) is 18.9 Å². The molecule has 0 amide bonds. The number of aliphatic hydroxyl groups excluding tert-OH is 1. The zero-order valence-corrected chi connectivity index (χ0v) is 18.1. The van der Waals surface area contributed by atoms with Crippen LogP contribution in [0.5, 0.6) is 0 Å². The van der Waals surface area contributed by atoms with E-state index in [-0.39, 0.29) is 18.6 Å². The van der Waals surface area contributed by atoms with E-state index in [9.17, 15) is 5.11 Å². The van der Waals surface area contributed by atoms with Gasteiger partial charge in [0.15, 0.2) is 0 Å². The molecule has 2 heterocycles.